The molecule has 1 fully saturated rings. The maximum Gasteiger partial charge on any atom is 0.227 e. The molecule has 0 radical (unpaired) electrons. The van der Waals surface area contributed by atoms with Crippen LogP contribution in [-0.4, -0.2) is 21.5 Å². The van der Waals surface area contributed by atoms with Gasteiger partial charge in [-0.1, -0.05) is 0 Å². The van der Waals surface area contributed by atoms with Crippen LogP contribution in [0.3, 0.4) is 0 Å². The van der Waals surface area contributed by atoms with Gasteiger partial charge in [-0.15, -0.1) is 24.8 Å². The van der Waals surface area contributed by atoms with Crippen LogP contribution in [0.2, 0.25) is 0 Å². The summed E-state index contributed by atoms with van der Waals surface area (Å²) in [5, 5.41) is 2.94. The van der Waals surface area contributed by atoms with E-state index < -0.39 is 0 Å². The lowest BCUT2D eigenvalue weighted by Crippen LogP contribution is -2.23. The SMILES string of the molecule is Cl.Cl.Cn1ccnc1COc1ccc(NC(=O)C2CCC(N)C2)cc1. The monoisotopic (exact) mass is 386 g/mol. The first kappa shape index (κ1) is 21.3. The third kappa shape index (κ3) is 5.63. The number of halogens is 2. The minimum Gasteiger partial charge on any atom is -0.486 e. The number of benzene rings is 1. The second-order valence-corrected chi connectivity index (χ2v) is 6.03. The average Bonchev–Trinajstić information content (AvgIpc) is 3.15. The normalized spacial score (nSPS) is 18.8. The molecule has 0 saturated heterocycles. The van der Waals surface area contributed by atoms with Gasteiger partial charge in [-0.2, -0.15) is 0 Å². The Labute approximate surface area is 160 Å². The number of aromatic nitrogens is 2. The third-order valence-corrected chi connectivity index (χ3v) is 4.25. The molecular weight excluding hydrogens is 363 g/mol. The van der Waals surface area contributed by atoms with E-state index in [1.165, 1.54) is 0 Å². The summed E-state index contributed by atoms with van der Waals surface area (Å²) in [7, 11) is 1.93. The van der Waals surface area contributed by atoms with Crippen LogP contribution >= 0.6 is 24.8 Å². The largest absolute Gasteiger partial charge is 0.486 e. The van der Waals surface area contributed by atoms with E-state index in [2.05, 4.69) is 10.3 Å². The summed E-state index contributed by atoms with van der Waals surface area (Å²) in [5.41, 5.74) is 6.63. The van der Waals surface area contributed by atoms with Gasteiger partial charge in [0, 0.05) is 37.1 Å². The van der Waals surface area contributed by atoms with Crippen LogP contribution < -0.4 is 15.8 Å². The van der Waals surface area contributed by atoms with Crippen molar-refractivity contribution in [1.82, 2.24) is 9.55 Å². The van der Waals surface area contributed by atoms with Crippen LogP contribution in [0.5, 0.6) is 5.75 Å². The van der Waals surface area contributed by atoms with Crippen molar-refractivity contribution in [2.75, 3.05) is 5.32 Å². The number of anilines is 1. The van der Waals surface area contributed by atoms with Gasteiger partial charge in [0.2, 0.25) is 5.91 Å². The van der Waals surface area contributed by atoms with Crippen LogP contribution in [0.1, 0.15) is 25.1 Å². The number of imidazole rings is 1. The quantitative estimate of drug-likeness (QED) is 0.827. The second kappa shape index (κ2) is 9.65. The van der Waals surface area contributed by atoms with E-state index in [1.54, 1.807) is 6.20 Å². The molecule has 0 spiro atoms. The van der Waals surface area contributed by atoms with Crippen molar-refractivity contribution in [2.24, 2.45) is 18.7 Å². The number of carbonyl (C=O) groups excluding carboxylic acids is 1. The number of amides is 1. The number of ether oxygens (including phenoxy) is 1. The smallest absolute Gasteiger partial charge is 0.227 e. The predicted molar refractivity (Wildman–Crippen MR) is 102 cm³/mol. The lowest BCUT2D eigenvalue weighted by molar-refractivity contribution is -0.119. The van der Waals surface area contributed by atoms with E-state index in [4.69, 9.17) is 10.5 Å². The molecule has 1 aliphatic carbocycles. The van der Waals surface area contributed by atoms with Crippen molar-refractivity contribution >= 4 is 36.4 Å². The average molecular weight is 387 g/mol. The first-order valence-corrected chi connectivity index (χ1v) is 7.87. The van der Waals surface area contributed by atoms with Crippen LogP contribution in [-0.2, 0) is 18.4 Å². The van der Waals surface area contributed by atoms with Crippen LogP contribution in [0, 0.1) is 5.92 Å². The molecule has 2 aromatic rings. The highest BCUT2D eigenvalue weighted by molar-refractivity contribution is 5.92. The molecule has 1 aliphatic rings. The van der Waals surface area contributed by atoms with Crippen molar-refractivity contribution in [2.45, 2.75) is 31.9 Å². The number of carbonyl (C=O) groups is 1. The standard InChI is InChI=1S/C17H22N4O2.2ClH/c1-21-9-8-19-16(21)11-23-15-6-4-14(5-7-15)20-17(22)12-2-3-13(18)10-12;;/h4-9,12-13H,2-3,10-11,18H2,1H3,(H,20,22);2*1H. The van der Waals surface area contributed by atoms with Gasteiger partial charge in [0.15, 0.2) is 0 Å². The van der Waals surface area contributed by atoms with Gasteiger partial charge in [-0.25, -0.2) is 4.98 Å². The molecule has 1 amide bonds. The summed E-state index contributed by atoms with van der Waals surface area (Å²) < 4.78 is 7.61. The molecule has 1 saturated carbocycles. The molecular formula is C17H24Cl2N4O2. The molecule has 8 heteroatoms. The van der Waals surface area contributed by atoms with E-state index in [0.29, 0.717) is 6.61 Å². The zero-order valence-electron chi connectivity index (χ0n) is 14.1. The minimum absolute atomic E-state index is 0. The number of hydrogen-bond donors (Lipinski definition) is 2. The fourth-order valence-corrected chi connectivity index (χ4v) is 2.82. The Bertz CT molecular complexity index is 676. The van der Waals surface area contributed by atoms with E-state index in [9.17, 15) is 4.79 Å². The lowest BCUT2D eigenvalue weighted by atomic mass is 10.1. The third-order valence-electron chi connectivity index (χ3n) is 4.25. The van der Waals surface area contributed by atoms with Crippen LogP contribution in [0.4, 0.5) is 5.69 Å². The van der Waals surface area contributed by atoms with Crippen molar-refractivity contribution in [3.05, 3.63) is 42.5 Å². The highest BCUT2D eigenvalue weighted by Crippen LogP contribution is 2.26. The van der Waals surface area contributed by atoms with Gasteiger partial charge in [0.1, 0.15) is 18.2 Å². The summed E-state index contributed by atoms with van der Waals surface area (Å²) in [5.74, 6) is 1.69. The van der Waals surface area contributed by atoms with E-state index in [1.807, 2.05) is 42.1 Å². The predicted octanol–water partition coefficient (Wildman–Crippen LogP) is 2.91. The second-order valence-electron chi connectivity index (χ2n) is 6.03. The summed E-state index contributed by atoms with van der Waals surface area (Å²) in [6.07, 6.45) is 6.20. The Hall–Kier alpha value is -1.76. The fraction of sp³-hybridized carbons (Fsp3) is 0.412. The highest BCUT2D eigenvalue weighted by atomic mass is 35.5. The fourth-order valence-electron chi connectivity index (χ4n) is 2.82. The van der Waals surface area contributed by atoms with E-state index in [0.717, 1.165) is 36.5 Å². The number of nitrogens with two attached hydrogens (primary N) is 1. The molecule has 0 aliphatic heterocycles. The van der Waals surface area contributed by atoms with Crippen molar-refractivity contribution in [1.29, 1.82) is 0 Å². The molecule has 2 atom stereocenters. The number of rotatable bonds is 5. The van der Waals surface area contributed by atoms with Gasteiger partial charge in [-0.3, -0.25) is 4.79 Å². The molecule has 1 aromatic heterocycles. The van der Waals surface area contributed by atoms with Gasteiger partial charge >= 0.3 is 0 Å². The van der Waals surface area contributed by atoms with Crippen molar-refractivity contribution in [3.63, 3.8) is 0 Å². The van der Waals surface area contributed by atoms with Gasteiger partial charge in [0.05, 0.1) is 0 Å². The summed E-state index contributed by atoms with van der Waals surface area (Å²) in [6.45, 7) is 0.412. The molecule has 3 N–H and O–H groups in total. The Morgan fingerprint density at radius 1 is 1.32 bits per heavy atom. The van der Waals surface area contributed by atoms with Gasteiger partial charge < -0.3 is 20.4 Å². The number of nitrogens with one attached hydrogen (secondary N) is 1. The summed E-state index contributed by atoms with van der Waals surface area (Å²) in [4.78, 5) is 16.4. The minimum atomic E-state index is 0. The van der Waals surface area contributed by atoms with Crippen molar-refractivity contribution in [3.8, 4) is 5.75 Å². The molecule has 138 valence electrons. The summed E-state index contributed by atoms with van der Waals surface area (Å²) >= 11 is 0. The molecule has 6 nitrogen and oxygen atoms in total. The Morgan fingerprint density at radius 3 is 2.60 bits per heavy atom. The first-order chi connectivity index (χ1) is 11.1. The first-order valence-electron chi connectivity index (χ1n) is 7.87. The van der Waals surface area contributed by atoms with Crippen LogP contribution in [0.15, 0.2) is 36.7 Å². The topological polar surface area (TPSA) is 82.2 Å². The maximum absolute atomic E-state index is 12.2. The zero-order chi connectivity index (χ0) is 16.2. The number of aryl methyl sites for hydroxylation is 1. The lowest BCUT2D eigenvalue weighted by Gasteiger charge is -2.11. The van der Waals surface area contributed by atoms with Crippen LogP contribution in [0.25, 0.3) is 0 Å². The molecule has 1 aromatic carbocycles. The van der Waals surface area contributed by atoms with E-state index >= 15 is 0 Å². The molecule has 25 heavy (non-hydrogen) atoms. The number of hydrogen-bond acceptors (Lipinski definition) is 4. The zero-order valence-corrected chi connectivity index (χ0v) is 15.7. The van der Waals surface area contributed by atoms with Gasteiger partial charge in [-0.05, 0) is 43.5 Å². The van der Waals surface area contributed by atoms with E-state index in [-0.39, 0.29) is 42.7 Å². The molecule has 3 rings (SSSR count). The Kier molecular flexibility index (Phi) is 8.22. The summed E-state index contributed by atoms with van der Waals surface area (Å²) in [6, 6.07) is 7.55. The Morgan fingerprint density at radius 2 is 2.04 bits per heavy atom. The molecule has 0 bridgehead atoms. The number of nitrogens with zero attached hydrogens (tertiary/aromatic N) is 2. The highest BCUT2D eigenvalue weighted by Gasteiger charge is 2.27. The van der Waals surface area contributed by atoms with Crippen molar-refractivity contribution < 1.29 is 9.53 Å². The maximum atomic E-state index is 12.2. The Balaban J connectivity index is 0.00000156. The molecule has 2 unspecified atom stereocenters. The molecule has 1 heterocycles. The van der Waals surface area contributed by atoms with Gasteiger partial charge in [0.25, 0.3) is 0 Å².